The molecule has 0 aromatic heterocycles. The largest absolute Gasteiger partial charge is 0.450 e. The summed E-state index contributed by atoms with van der Waals surface area (Å²) in [4.78, 5) is 66.1. The second kappa shape index (κ2) is 20.4. The lowest BCUT2D eigenvalue weighted by Crippen LogP contribution is -2.51. The molecule has 5 amide bonds. The quantitative estimate of drug-likeness (QED) is 0.217. The normalized spacial score (nSPS) is 41.4. The molecular formula is C53H84N6O10. The van der Waals surface area contributed by atoms with Gasteiger partial charge in [-0.1, -0.05) is 0 Å². The highest BCUT2D eigenvalue weighted by molar-refractivity contribution is 5.71. The first-order valence-corrected chi connectivity index (χ1v) is 27.6. The number of hydrogen-bond donors (Lipinski definition) is 3. The molecule has 16 nitrogen and oxygen atoms in total. The summed E-state index contributed by atoms with van der Waals surface area (Å²) >= 11 is 0. The molecular weight excluding hydrogens is 881 g/mol. The Morgan fingerprint density at radius 3 is 1.10 bits per heavy atom. The van der Waals surface area contributed by atoms with Crippen LogP contribution in [0.1, 0.15) is 143 Å². The van der Waals surface area contributed by atoms with Gasteiger partial charge in [0.1, 0.15) is 23.9 Å². The van der Waals surface area contributed by atoms with Crippen molar-refractivity contribution in [2.45, 2.75) is 185 Å². The van der Waals surface area contributed by atoms with Crippen LogP contribution in [0.5, 0.6) is 0 Å². The average Bonchev–Trinajstić information content (AvgIpc) is 4.06. The van der Waals surface area contributed by atoms with Crippen molar-refractivity contribution in [3.8, 4) is 0 Å². The highest BCUT2D eigenvalue weighted by atomic mass is 16.6. The molecule has 3 aliphatic heterocycles. The Morgan fingerprint density at radius 1 is 0.478 bits per heavy atom. The first-order valence-electron chi connectivity index (χ1n) is 27.6. The van der Waals surface area contributed by atoms with Gasteiger partial charge in [0.25, 0.3) is 0 Å². The lowest BCUT2D eigenvalue weighted by Gasteiger charge is -2.53. The molecule has 386 valence electrons. The van der Waals surface area contributed by atoms with E-state index in [0.717, 1.165) is 61.3 Å². The van der Waals surface area contributed by atoms with Crippen LogP contribution in [0.3, 0.4) is 0 Å². The van der Waals surface area contributed by atoms with Gasteiger partial charge >= 0.3 is 30.5 Å². The second-order valence-corrected chi connectivity index (χ2v) is 25.2. The molecule has 15 aliphatic rings. The number of carbonyl (C=O) groups excluding carboxylic acids is 5. The number of ether oxygens (including phenoxy) is 5. The number of likely N-dealkylation sites (tertiary alicyclic amines) is 3. The van der Waals surface area contributed by atoms with Gasteiger partial charge in [0, 0.05) is 45.3 Å². The summed E-state index contributed by atoms with van der Waals surface area (Å²) in [5, 5.41) is 5.67. The Morgan fingerprint density at radius 2 is 0.797 bits per heavy atom. The molecule has 0 aromatic carbocycles. The molecule has 12 bridgehead atoms. The van der Waals surface area contributed by atoms with E-state index in [1.165, 1.54) is 96.3 Å². The van der Waals surface area contributed by atoms with Crippen molar-refractivity contribution in [3.63, 3.8) is 0 Å². The van der Waals surface area contributed by atoms with Gasteiger partial charge in [-0.25, -0.2) is 24.0 Å². The number of amides is 5. The van der Waals surface area contributed by atoms with E-state index in [2.05, 4.69) is 10.6 Å². The summed E-state index contributed by atoms with van der Waals surface area (Å²) in [6.45, 7) is 11.4. The predicted molar refractivity (Wildman–Crippen MR) is 256 cm³/mol. The van der Waals surface area contributed by atoms with E-state index >= 15 is 0 Å². The molecule has 0 radical (unpaired) electrons. The van der Waals surface area contributed by atoms with Crippen molar-refractivity contribution in [2.75, 3.05) is 45.9 Å². The third kappa shape index (κ3) is 11.5. The summed E-state index contributed by atoms with van der Waals surface area (Å²) in [5.74, 6) is 9.00. The molecule has 12 saturated carbocycles. The minimum Gasteiger partial charge on any atom is -0.450 e. The van der Waals surface area contributed by atoms with Crippen LogP contribution < -0.4 is 16.4 Å². The van der Waals surface area contributed by atoms with Gasteiger partial charge in [-0.05, 0) is 214 Å². The summed E-state index contributed by atoms with van der Waals surface area (Å²) in [6, 6.07) is 0.0528. The Bertz CT molecular complexity index is 1790. The van der Waals surface area contributed by atoms with Crippen molar-refractivity contribution < 1.29 is 47.7 Å². The van der Waals surface area contributed by atoms with Crippen LogP contribution in [0.15, 0.2) is 0 Å². The van der Waals surface area contributed by atoms with Crippen molar-refractivity contribution in [2.24, 2.45) is 76.7 Å². The minimum absolute atomic E-state index is 0.0323. The smallest absolute Gasteiger partial charge is 0.410 e. The van der Waals surface area contributed by atoms with Crippen LogP contribution in [-0.4, -0.2) is 133 Å². The fourth-order valence-corrected chi connectivity index (χ4v) is 16.6. The van der Waals surface area contributed by atoms with E-state index in [0.29, 0.717) is 74.8 Å². The number of nitrogens with zero attached hydrogens (tertiary/aromatic N) is 3. The molecule has 15 fully saturated rings. The van der Waals surface area contributed by atoms with E-state index in [1.54, 1.807) is 21.6 Å². The third-order valence-corrected chi connectivity index (χ3v) is 18.8. The Hall–Kier alpha value is -3.69. The van der Waals surface area contributed by atoms with Gasteiger partial charge < -0.3 is 54.8 Å². The van der Waals surface area contributed by atoms with Gasteiger partial charge in [0.15, 0.2) is 0 Å². The Kier molecular flexibility index (Phi) is 14.5. The summed E-state index contributed by atoms with van der Waals surface area (Å²) in [7, 11) is 0. The predicted octanol–water partition coefficient (Wildman–Crippen LogP) is 8.30. The fraction of sp³-hybridized carbons (Fsp3) is 0.906. The number of rotatable bonds is 6. The minimum atomic E-state index is -0.513. The van der Waals surface area contributed by atoms with E-state index < -0.39 is 17.8 Å². The number of nitrogens with two attached hydrogens (primary N) is 1. The highest BCUT2D eigenvalue weighted by Crippen LogP contribution is 2.57. The number of nitrogens with one attached hydrogen (secondary N) is 2. The average molecular weight is 965 g/mol. The molecule has 3 saturated heterocycles. The van der Waals surface area contributed by atoms with Crippen LogP contribution in [0, 0.1) is 71.0 Å². The second-order valence-electron chi connectivity index (χ2n) is 25.2. The molecule has 3 atom stereocenters. The third-order valence-electron chi connectivity index (χ3n) is 18.8. The first-order chi connectivity index (χ1) is 33.1. The van der Waals surface area contributed by atoms with Crippen LogP contribution in [0.25, 0.3) is 0 Å². The maximum atomic E-state index is 12.7. The molecule has 4 N–H and O–H groups in total. The number of hydrogen-bond acceptors (Lipinski definition) is 11. The van der Waals surface area contributed by atoms with Gasteiger partial charge in [-0.2, -0.15) is 0 Å². The monoisotopic (exact) mass is 965 g/mol. The maximum Gasteiger partial charge on any atom is 0.410 e. The molecule has 0 spiro atoms. The molecule has 0 aromatic rings. The van der Waals surface area contributed by atoms with Crippen LogP contribution in [0.4, 0.5) is 24.0 Å². The van der Waals surface area contributed by atoms with Crippen LogP contribution in [-0.2, 0) is 23.7 Å². The fourth-order valence-electron chi connectivity index (χ4n) is 16.6. The van der Waals surface area contributed by atoms with Gasteiger partial charge in [-0.15, -0.1) is 0 Å². The van der Waals surface area contributed by atoms with Crippen molar-refractivity contribution in [1.29, 1.82) is 0 Å². The van der Waals surface area contributed by atoms with Crippen LogP contribution >= 0.6 is 0 Å². The van der Waals surface area contributed by atoms with Crippen molar-refractivity contribution >= 4 is 30.5 Å². The zero-order chi connectivity index (χ0) is 48.1. The first kappa shape index (κ1) is 48.9. The Balaban J connectivity index is 0.000000122. The molecule has 69 heavy (non-hydrogen) atoms. The van der Waals surface area contributed by atoms with E-state index in [-0.39, 0.29) is 54.7 Å². The Labute approximate surface area is 410 Å². The van der Waals surface area contributed by atoms with Crippen molar-refractivity contribution in [3.05, 3.63) is 0 Å². The number of carbonyl (C=O) groups is 5. The van der Waals surface area contributed by atoms with E-state index in [1.807, 2.05) is 20.8 Å². The molecule has 12 aliphatic carbocycles. The lowest BCUT2D eigenvalue weighted by molar-refractivity contribution is -0.101. The van der Waals surface area contributed by atoms with Gasteiger partial charge in [0.05, 0.1) is 18.7 Å². The van der Waals surface area contributed by atoms with E-state index in [4.69, 9.17) is 29.4 Å². The highest BCUT2D eigenvalue weighted by Gasteiger charge is 2.53. The van der Waals surface area contributed by atoms with Crippen LogP contribution in [0.2, 0.25) is 0 Å². The molecule has 0 unspecified atom stereocenters. The number of alkyl carbamates (subject to hydrolysis) is 2. The maximum absolute atomic E-state index is 12.7. The van der Waals surface area contributed by atoms with E-state index in [9.17, 15) is 24.0 Å². The zero-order valence-corrected chi connectivity index (χ0v) is 42.1. The zero-order valence-electron chi connectivity index (χ0n) is 42.1. The molecule has 16 heteroatoms. The van der Waals surface area contributed by atoms with Gasteiger partial charge in [0.2, 0.25) is 0 Å². The molecule has 15 rings (SSSR count). The standard InChI is InChI=1S/C20H32N2O4.C18H28N2O4.C15H24N2O2/c1-20(2,3)26-18(23)21-16-4-5-22(11-16)19(24)25-17-14-7-12-6-13(9-14)10-15(17)8-12;1-2-23-17(21)19-15-3-4-20(10-15)18(22)24-16-13-6-11-5-12(8-13)9-14(16)7-11;16-13-1-2-17(8-13)15(18)19-14-11-4-9-3-10(6-11)7-12(14)5-9/h12-17H,4-11H2,1-3H3,(H,21,23);11-16H,2-10H2,1H3,(H,19,21);9-14H,1-8,16H2/t12?,13?,14?,15?,16-,17?;11?,12?,13?,14?,15-,16?;9?,10?,11?,12?,13-,14?/m111/s1. The van der Waals surface area contributed by atoms with Gasteiger partial charge in [-0.3, -0.25) is 0 Å². The topological polar surface area (TPSA) is 191 Å². The van der Waals surface area contributed by atoms with Crippen molar-refractivity contribution in [1.82, 2.24) is 25.3 Å². The summed E-state index contributed by atoms with van der Waals surface area (Å²) < 4.78 is 28.0. The lowest BCUT2D eigenvalue weighted by atomic mass is 9.55. The summed E-state index contributed by atoms with van der Waals surface area (Å²) in [5.41, 5.74) is 5.35. The SMILES string of the molecule is CC(C)(C)OC(=O)N[C@@H]1CCN(C(=O)OC2C3CC4CC(C3)CC2C4)C1.CCOC(=O)N[C@@H]1CCN(C(=O)OC2C3CC4CC(C3)CC2C4)C1.N[C@@H]1CCN(C(=O)OC2C3CC4CC(C3)CC2C4)C1. The molecule has 3 heterocycles. The summed E-state index contributed by atoms with van der Waals surface area (Å²) in [6.07, 6.45) is 20.9.